The average Bonchev–Trinajstić information content (AvgIpc) is 2.01. The molecule has 0 aromatic rings. The van der Waals surface area contributed by atoms with E-state index in [-0.39, 0.29) is 8.31 Å². The zero-order valence-electron chi connectivity index (χ0n) is 9.61. The summed E-state index contributed by atoms with van der Waals surface area (Å²) in [5, 5.41) is 0. The van der Waals surface area contributed by atoms with Crippen molar-refractivity contribution in [1.29, 1.82) is 0 Å². The van der Waals surface area contributed by atoms with Gasteiger partial charge in [-0.15, -0.1) is 0 Å². The van der Waals surface area contributed by atoms with Crippen LogP contribution in [-0.2, 0) is 0 Å². The van der Waals surface area contributed by atoms with Crippen LogP contribution >= 0.6 is 0 Å². The van der Waals surface area contributed by atoms with Crippen molar-refractivity contribution in [3.63, 3.8) is 0 Å². The molecule has 0 aliphatic heterocycles. The summed E-state index contributed by atoms with van der Waals surface area (Å²) in [6, 6.07) is 3.18. The van der Waals surface area contributed by atoms with E-state index in [1.807, 2.05) is 0 Å². The Balaban J connectivity index is 3.81. The molecule has 2 heteroatoms. The number of rotatable bonds is 6. The minimum atomic E-state index is -0.710. The van der Waals surface area contributed by atoms with Crippen molar-refractivity contribution in [1.82, 2.24) is 0 Å². The van der Waals surface area contributed by atoms with Crippen molar-refractivity contribution in [3.8, 4) is 0 Å². The molecule has 74 valence electrons. The molecule has 0 N–H and O–H groups in total. The molecule has 0 fully saturated rings. The molecule has 0 aliphatic carbocycles. The van der Waals surface area contributed by atoms with Gasteiger partial charge in [0.05, 0.1) is 0 Å². The quantitative estimate of drug-likeness (QED) is 0.574. The summed E-state index contributed by atoms with van der Waals surface area (Å²) in [4.78, 5) is 0. The van der Waals surface area contributed by atoms with Crippen LogP contribution in [0.15, 0.2) is 0 Å². The molecule has 0 amide bonds. The molecule has 0 nitrogen and oxygen atoms in total. The Morgan fingerprint density at radius 3 is 2.08 bits per heavy atom. The monoisotopic (exact) mass is 202 g/mol. The summed E-state index contributed by atoms with van der Waals surface area (Å²) in [6.07, 6.45) is 4.31. The standard InChI is InChI=1S/C10H26Si2/c1-6-8-10-12(4,5)11(3)9-7-2/h11H,6-10H2,1-5H3. The lowest BCUT2D eigenvalue weighted by Gasteiger charge is -2.28. The first kappa shape index (κ1) is 12.4. The van der Waals surface area contributed by atoms with E-state index in [0.29, 0.717) is 0 Å². The fourth-order valence-corrected chi connectivity index (χ4v) is 10.4. The molecule has 0 aromatic carbocycles. The molecule has 0 bridgehead atoms. The Bertz CT molecular complexity index is 110. The molecule has 0 saturated carbocycles. The molecule has 0 rings (SSSR count). The highest BCUT2D eigenvalue weighted by molar-refractivity contribution is 7.31. The molecule has 1 unspecified atom stereocenters. The molecule has 1 atom stereocenters. The summed E-state index contributed by atoms with van der Waals surface area (Å²) in [7, 11) is -1.01. The first-order chi connectivity index (χ1) is 5.54. The third kappa shape index (κ3) is 4.46. The third-order valence-electron chi connectivity index (χ3n) is 3.23. The highest BCUT2D eigenvalue weighted by Gasteiger charge is 2.27. The second kappa shape index (κ2) is 5.97. The van der Waals surface area contributed by atoms with Gasteiger partial charge < -0.3 is 0 Å². The van der Waals surface area contributed by atoms with Crippen LogP contribution in [0.3, 0.4) is 0 Å². The van der Waals surface area contributed by atoms with Crippen molar-refractivity contribution in [2.75, 3.05) is 0 Å². The minimum Gasteiger partial charge on any atom is -0.0739 e. The second-order valence-electron chi connectivity index (χ2n) is 4.78. The molecule has 0 spiro atoms. The predicted octanol–water partition coefficient (Wildman–Crippen LogP) is 3.84. The molecular formula is C10H26Si2. The van der Waals surface area contributed by atoms with E-state index in [0.717, 1.165) is 0 Å². The maximum Gasteiger partial charge on any atom is 0.0376 e. The van der Waals surface area contributed by atoms with Gasteiger partial charge in [0.15, 0.2) is 0 Å². The van der Waals surface area contributed by atoms with Crippen LogP contribution in [0.25, 0.3) is 0 Å². The van der Waals surface area contributed by atoms with Gasteiger partial charge in [-0.2, -0.15) is 0 Å². The van der Waals surface area contributed by atoms with E-state index in [4.69, 9.17) is 0 Å². The van der Waals surface area contributed by atoms with E-state index >= 15 is 0 Å². The summed E-state index contributed by atoms with van der Waals surface area (Å²) in [5.41, 5.74) is 0. The molecule has 0 aliphatic rings. The van der Waals surface area contributed by atoms with E-state index in [9.17, 15) is 0 Å². The molecule has 12 heavy (non-hydrogen) atoms. The van der Waals surface area contributed by atoms with E-state index in [1.165, 1.54) is 19.3 Å². The van der Waals surface area contributed by atoms with Gasteiger partial charge in [-0.1, -0.05) is 64.8 Å². The lowest BCUT2D eigenvalue weighted by atomic mass is 10.4. The summed E-state index contributed by atoms with van der Waals surface area (Å²) in [5.74, 6) is 0. The zero-order valence-corrected chi connectivity index (χ0v) is 11.8. The number of hydrogen-bond donors (Lipinski definition) is 0. The van der Waals surface area contributed by atoms with Crippen LogP contribution in [-0.4, -0.2) is 15.9 Å². The van der Waals surface area contributed by atoms with Crippen LogP contribution in [0.2, 0.25) is 31.7 Å². The molecule has 0 saturated heterocycles. The predicted molar refractivity (Wildman–Crippen MR) is 65.3 cm³/mol. The summed E-state index contributed by atoms with van der Waals surface area (Å²) in [6.45, 7) is 12.5. The molecule has 0 radical (unpaired) electrons. The lowest BCUT2D eigenvalue weighted by molar-refractivity contribution is 0.871. The molecular weight excluding hydrogens is 176 g/mol. The highest BCUT2D eigenvalue weighted by Crippen LogP contribution is 2.20. The van der Waals surface area contributed by atoms with E-state index in [1.54, 1.807) is 12.1 Å². The van der Waals surface area contributed by atoms with Crippen LogP contribution in [0.4, 0.5) is 0 Å². The van der Waals surface area contributed by atoms with Gasteiger partial charge in [-0.3, -0.25) is 0 Å². The summed E-state index contributed by atoms with van der Waals surface area (Å²) < 4.78 is 0. The normalized spacial score (nSPS) is 14.8. The maximum absolute atomic E-state index is 2.62. The zero-order chi connectivity index (χ0) is 9.61. The van der Waals surface area contributed by atoms with Crippen LogP contribution in [0, 0.1) is 0 Å². The average molecular weight is 202 g/mol. The molecule has 0 aromatic heterocycles. The Morgan fingerprint density at radius 2 is 1.67 bits per heavy atom. The smallest absolute Gasteiger partial charge is 0.0376 e. The number of hydrogen-bond acceptors (Lipinski definition) is 0. The minimum absolute atomic E-state index is 0.304. The van der Waals surface area contributed by atoms with Crippen molar-refractivity contribution in [2.45, 2.75) is 64.8 Å². The van der Waals surface area contributed by atoms with Gasteiger partial charge in [0.25, 0.3) is 0 Å². The van der Waals surface area contributed by atoms with Gasteiger partial charge in [-0.05, 0) is 0 Å². The van der Waals surface area contributed by atoms with Crippen molar-refractivity contribution in [2.24, 2.45) is 0 Å². The van der Waals surface area contributed by atoms with Crippen molar-refractivity contribution >= 4 is 15.9 Å². The van der Waals surface area contributed by atoms with Gasteiger partial charge in [0, 0.05) is 15.9 Å². The highest BCUT2D eigenvalue weighted by atomic mass is 29.2. The Hall–Kier alpha value is 0.434. The van der Waals surface area contributed by atoms with Crippen LogP contribution < -0.4 is 0 Å². The lowest BCUT2D eigenvalue weighted by Crippen LogP contribution is -2.43. The Morgan fingerprint density at radius 1 is 1.08 bits per heavy atom. The fraction of sp³-hybridized carbons (Fsp3) is 1.00. The van der Waals surface area contributed by atoms with E-state index in [2.05, 4.69) is 33.5 Å². The van der Waals surface area contributed by atoms with Crippen molar-refractivity contribution < 1.29 is 0 Å². The SMILES string of the molecule is CCCC[Si](C)(C)[SiH](C)CCC. The number of unbranched alkanes of at least 4 members (excludes halogenated alkanes) is 1. The molecule has 0 heterocycles. The van der Waals surface area contributed by atoms with Gasteiger partial charge in [-0.25, -0.2) is 0 Å². The van der Waals surface area contributed by atoms with Crippen LogP contribution in [0.1, 0.15) is 33.1 Å². The maximum atomic E-state index is 2.62. The Kier molecular flexibility index (Phi) is 6.19. The van der Waals surface area contributed by atoms with Gasteiger partial charge in [0.2, 0.25) is 0 Å². The largest absolute Gasteiger partial charge is 0.0739 e. The van der Waals surface area contributed by atoms with Gasteiger partial charge >= 0.3 is 0 Å². The van der Waals surface area contributed by atoms with Crippen LogP contribution in [0.5, 0.6) is 0 Å². The van der Waals surface area contributed by atoms with Gasteiger partial charge in [0.1, 0.15) is 0 Å². The third-order valence-corrected chi connectivity index (χ3v) is 18.7. The fourth-order valence-electron chi connectivity index (χ4n) is 1.70. The first-order valence-electron chi connectivity index (χ1n) is 5.54. The Labute approximate surface area is 81.2 Å². The second-order valence-corrected chi connectivity index (χ2v) is 19.3. The van der Waals surface area contributed by atoms with Crippen molar-refractivity contribution in [3.05, 3.63) is 0 Å². The summed E-state index contributed by atoms with van der Waals surface area (Å²) >= 11 is 0. The topological polar surface area (TPSA) is 0 Å². The van der Waals surface area contributed by atoms with E-state index < -0.39 is 7.59 Å². The first-order valence-corrected chi connectivity index (χ1v) is 12.5.